The molecule has 1 nitrogen and oxygen atoms in total. The molecular weight excluding hydrogens is 304 g/mol. The Morgan fingerprint density at radius 1 is 1.05 bits per heavy atom. The van der Waals surface area contributed by atoms with Crippen molar-refractivity contribution in [1.29, 1.82) is 0 Å². The molecule has 0 aromatic carbocycles. The average Bonchev–Trinajstić information content (AvgIpc) is 2.72. The molecule has 0 saturated carbocycles. The fraction of sp³-hybridized carbons (Fsp3) is 0.667. The average molecular weight is 319 g/mol. The predicted molar refractivity (Wildman–Crippen MR) is 65.7 cm³/mol. The van der Waals surface area contributed by atoms with Crippen LogP contribution in [0.25, 0.3) is 0 Å². The molecule has 20 heavy (non-hydrogen) atoms. The number of hydrogen-bond donors (Lipinski definition) is 1. The van der Waals surface area contributed by atoms with Crippen LogP contribution in [0.5, 0.6) is 0 Å². The smallest absolute Gasteiger partial charge is 0.309 e. The highest BCUT2D eigenvalue weighted by Crippen LogP contribution is 2.47. The zero-order valence-corrected chi connectivity index (χ0v) is 11.7. The normalized spacial score (nSPS) is 14.8. The topological polar surface area (TPSA) is 12.0 Å². The maximum absolute atomic E-state index is 12.8. The van der Waals surface area contributed by atoms with Gasteiger partial charge in [0, 0.05) is 9.75 Å². The van der Waals surface area contributed by atoms with Crippen molar-refractivity contribution >= 4 is 11.3 Å². The predicted octanol–water partition coefficient (Wildman–Crippen LogP) is 4.70. The van der Waals surface area contributed by atoms with Gasteiger partial charge in [-0.2, -0.15) is 26.3 Å². The van der Waals surface area contributed by atoms with Crippen molar-refractivity contribution in [2.24, 2.45) is 5.92 Å². The molecule has 0 bridgehead atoms. The lowest BCUT2D eigenvalue weighted by molar-refractivity contribution is -0.292. The highest BCUT2D eigenvalue weighted by Gasteiger charge is 2.60. The minimum Gasteiger partial charge on any atom is -0.309 e. The van der Waals surface area contributed by atoms with Crippen LogP contribution < -0.4 is 5.32 Å². The zero-order valence-electron chi connectivity index (χ0n) is 10.9. The molecule has 1 unspecified atom stereocenters. The first-order valence-electron chi connectivity index (χ1n) is 6.06. The lowest BCUT2D eigenvalue weighted by Crippen LogP contribution is -2.45. The molecule has 0 spiro atoms. The number of halogens is 6. The van der Waals surface area contributed by atoms with Crippen molar-refractivity contribution in [3.63, 3.8) is 0 Å². The van der Waals surface area contributed by atoms with E-state index in [1.165, 1.54) is 13.0 Å². The Morgan fingerprint density at radius 3 is 1.95 bits per heavy atom. The molecule has 1 aromatic heterocycles. The van der Waals surface area contributed by atoms with Crippen LogP contribution in [0.3, 0.4) is 0 Å². The van der Waals surface area contributed by atoms with Gasteiger partial charge in [-0.25, -0.2) is 0 Å². The van der Waals surface area contributed by atoms with Crippen LogP contribution in [0.2, 0.25) is 0 Å². The molecule has 0 aliphatic heterocycles. The molecule has 8 heteroatoms. The minimum atomic E-state index is -5.35. The molecule has 1 aromatic rings. The van der Waals surface area contributed by atoms with E-state index in [9.17, 15) is 26.3 Å². The number of thiophene rings is 1. The van der Waals surface area contributed by atoms with E-state index < -0.39 is 24.3 Å². The molecule has 1 atom stereocenters. The Morgan fingerprint density at radius 2 is 1.60 bits per heavy atom. The SMILES string of the molecule is CCNC(c1ccc(CC)s1)C(C(F)(F)F)C(F)(F)F. The van der Waals surface area contributed by atoms with Crippen molar-refractivity contribution in [2.45, 2.75) is 38.7 Å². The standard InChI is InChI=1S/C12H15F6NS/c1-3-7-5-6-8(20-7)9(19-4-2)10(11(13,14)15)12(16,17)18/h5-6,9-10,19H,3-4H2,1-2H3. The van der Waals surface area contributed by atoms with Crippen LogP contribution in [-0.4, -0.2) is 18.9 Å². The van der Waals surface area contributed by atoms with Crippen molar-refractivity contribution in [2.75, 3.05) is 6.54 Å². The summed E-state index contributed by atoms with van der Waals surface area (Å²) < 4.78 is 76.9. The summed E-state index contributed by atoms with van der Waals surface area (Å²) in [7, 11) is 0. The molecule has 0 amide bonds. The van der Waals surface area contributed by atoms with E-state index in [0.29, 0.717) is 6.42 Å². The second kappa shape index (κ2) is 6.34. The Balaban J connectivity index is 3.21. The fourth-order valence-corrected chi connectivity index (χ4v) is 2.98. The lowest BCUT2D eigenvalue weighted by Gasteiger charge is -2.30. The van der Waals surface area contributed by atoms with E-state index in [1.54, 1.807) is 13.0 Å². The van der Waals surface area contributed by atoms with Crippen molar-refractivity contribution in [3.8, 4) is 0 Å². The lowest BCUT2D eigenvalue weighted by atomic mass is 9.96. The summed E-state index contributed by atoms with van der Waals surface area (Å²) in [5.74, 6) is -3.40. The monoisotopic (exact) mass is 319 g/mol. The third-order valence-corrected chi connectivity index (χ3v) is 4.11. The molecule has 1 heterocycles. The summed E-state index contributed by atoms with van der Waals surface area (Å²) in [6, 6.07) is 1.10. The first-order chi connectivity index (χ1) is 9.11. The van der Waals surface area contributed by atoms with Gasteiger partial charge in [-0.05, 0) is 25.1 Å². The van der Waals surface area contributed by atoms with E-state index in [1.807, 2.05) is 0 Å². The van der Waals surface area contributed by atoms with Crippen molar-refractivity contribution in [1.82, 2.24) is 5.32 Å². The second-order valence-corrected chi connectivity index (χ2v) is 5.45. The molecule has 116 valence electrons. The Bertz CT molecular complexity index is 408. The molecule has 0 fully saturated rings. The van der Waals surface area contributed by atoms with Gasteiger partial charge >= 0.3 is 12.4 Å². The molecule has 1 rings (SSSR count). The van der Waals surface area contributed by atoms with Crippen LogP contribution in [0.1, 0.15) is 29.6 Å². The van der Waals surface area contributed by atoms with Gasteiger partial charge in [-0.15, -0.1) is 11.3 Å². The first kappa shape index (κ1) is 17.3. The van der Waals surface area contributed by atoms with Crippen LogP contribution in [0.4, 0.5) is 26.3 Å². The molecule has 0 aliphatic rings. The van der Waals surface area contributed by atoms with E-state index in [0.717, 1.165) is 16.2 Å². The Hall–Kier alpha value is -0.760. The Labute approximate surface area is 117 Å². The van der Waals surface area contributed by atoms with Crippen LogP contribution in [0.15, 0.2) is 12.1 Å². The van der Waals surface area contributed by atoms with Crippen molar-refractivity contribution in [3.05, 3.63) is 21.9 Å². The van der Waals surface area contributed by atoms with Gasteiger partial charge in [0.2, 0.25) is 0 Å². The van der Waals surface area contributed by atoms with E-state index in [2.05, 4.69) is 5.32 Å². The first-order valence-corrected chi connectivity index (χ1v) is 6.88. The zero-order chi connectivity index (χ0) is 15.6. The highest BCUT2D eigenvalue weighted by atomic mass is 32.1. The molecule has 0 aliphatic carbocycles. The summed E-state index contributed by atoms with van der Waals surface area (Å²) in [6.45, 7) is 3.29. The molecule has 0 saturated heterocycles. The molecule has 0 radical (unpaired) electrons. The third-order valence-electron chi connectivity index (χ3n) is 2.80. The number of alkyl halides is 6. The molecular formula is C12H15F6NS. The van der Waals surface area contributed by atoms with Crippen molar-refractivity contribution < 1.29 is 26.3 Å². The number of hydrogen-bond acceptors (Lipinski definition) is 2. The van der Waals surface area contributed by atoms with E-state index >= 15 is 0 Å². The summed E-state index contributed by atoms with van der Waals surface area (Å²) in [6.07, 6.45) is -10.1. The van der Waals surface area contributed by atoms with Crippen LogP contribution in [-0.2, 0) is 6.42 Å². The maximum atomic E-state index is 12.8. The third kappa shape index (κ3) is 4.12. The summed E-state index contributed by atoms with van der Waals surface area (Å²) in [5, 5.41) is 2.32. The van der Waals surface area contributed by atoms with Crippen LogP contribution in [0, 0.1) is 5.92 Å². The van der Waals surface area contributed by atoms with Gasteiger partial charge in [-0.1, -0.05) is 13.8 Å². The van der Waals surface area contributed by atoms with E-state index in [-0.39, 0.29) is 11.4 Å². The van der Waals surface area contributed by atoms with E-state index in [4.69, 9.17) is 0 Å². The number of rotatable bonds is 5. The fourth-order valence-electron chi connectivity index (χ4n) is 1.92. The minimum absolute atomic E-state index is 0.0205. The number of aryl methyl sites for hydroxylation is 1. The molecule has 1 N–H and O–H groups in total. The largest absolute Gasteiger partial charge is 0.402 e. The number of nitrogens with one attached hydrogen (secondary N) is 1. The van der Waals surface area contributed by atoms with Gasteiger partial charge in [0.25, 0.3) is 0 Å². The van der Waals surface area contributed by atoms with Gasteiger partial charge in [0.05, 0.1) is 6.04 Å². The summed E-state index contributed by atoms with van der Waals surface area (Å²) in [5.41, 5.74) is 0. The quantitative estimate of drug-likeness (QED) is 0.776. The van der Waals surface area contributed by atoms with Gasteiger partial charge in [-0.3, -0.25) is 0 Å². The van der Waals surface area contributed by atoms with Gasteiger partial charge in [0.1, 0.15) is 0 Å². The summed E-state index contributed by atoms with van der Waals surface area (Å²) >= 11 is 0.979. The van der Waals surface area contributed by atoms with Gasteiger partial charge in [0.15, 0.2) is 5.92 Å². The van der Waals surface area contributed by atoms with Crippen LogP contribution >= 0.6 is 11.3 Å². The maximum Gasteiger partial charge on any atom is 0.402 e. The van der Waals surface area contributed by atoms with Gasteiger partial charge < -0.3 is 5.32 Å². The highest BCUT2D eigenvalue weighted by molar-refractivity contribution is 7.12. The summed E-state index contributed by atoms with van der Waals surface area (Å²) in [4.78, 5) is 0.814. The second-order valence-electron chi connectivity index (χ2n) is 4.25. The Kier molecular flexibility index (Phi) is 5.48.